The minimum Gasteiger partial charge on any atom is -0.341 e. The minimum atomic E-state index is -3.65. The number of carbonyl (C=O) groups excluding carboxylic acids is 1. The summed E-state index contributed by atoms with van der Waals surface area (Å²) < 4.78 is 27.9. The molecule has 25 heavy (non-hydrogen) atoms. The van der Waals surface area contributed by atoms with E-state index >= 15 is 0 Å². The van der Waals surface area contributed by atoms with Crippen LogP contribution in [0.25, 0.3) is 0 Å². The predicted octanol–water partition coefficient (Wildman–Crippen LogP) is 2.72. The number of carbonyl (C=O) groups is 1. The highest BCUT2D eigenvalue weighted by Gasteiger charge is 2.41. The smallest absolute Gasteiger partial charge is 0.244 e. The summed E-state index contributed by atoms with van der Waals surface area (Å²) in [5.74, 6) is 0.626. The molecule has 5 nitrogen and oxygen atoms in total. The van der Waals surface area contributed by atoms with Gasteiger partial charge in [0.2, 0.25) is 15.9 Å². The quantitative estimate of drug-likeness (QED) is 0.829. The largest absolute Gasteiger partial charge is 0.341 e. The Bertz CT molecular complexity index is 752. The summed E-state index contributed by atoms with van der Waals surface area (Å²) in [5.41, 5.74) is 1.65. The molecule has 0 spiro atoms. The molecule has 1 atom stereocenters. The van der Waals surface area contributed by atoms with Crippen LogP contribution in [0.2, 0.25) is 0 Å². The molecule has 6 heteroatoms. The molecule has 2 saturated heterocycles. The molecular weight excluding hydrogens is 336 g/mol. The molecule has 0 unspecified atom stereocenters. The summed E-state index contributed by atoms with van der Waals surface area (Å²) in [6, 6.07) is 4.92. The monoisotopic (exact) mass is 364 g/mol. The number of aryl methyl sites for hydroxylation is 2. The van der Waals surface area contributed by atoms with Gasteiger partial charge >= 0.3 is 0 Å². The third-order valence-corrected chi connectivity index (χ3v) is 7.56. The van der Waals surface area contributed by atoms with E-state index in [1.165, 1.54) is 4.31 Å². The van der Waals surface area contributed by atoms with E-state index in [1.54, 1.807) is 6.07 Å². The molecule has 0 saturated carbocycles. The first kappa shape index (κ1) is 18.4. The van der Waals surface area contributed by atoms with E-state index in [2.05, 4.69) is 6.92 Å². The maximum Gasteiger partial charge on any atom is 0.244 e. The molecule has 1 aromatic rings. The Balaban J connectivity index is 1.85. The number of likely N-dealkylation sites (tertiary alicyclic amines) is 1. The molecule has 0 aromatic heterocycles. The number of piperidine rings is 1. The number of hydrogen-bond donors (Lipinski definition) is 0. The van der Waals surface area contributed by atoms with Gasteiger partial charge in [-0.2, -0.15) is 4.31 Å². The van der Waals surface area contributed by atoms with Crippen molar-refractivity contribution in [2.45, 2.75) is 57.4 Å². The van der Waals surface area contributed by atoms with Crippen molar-refractivity contribution < 1.29 is 13.2 Å². The van der Waals surface area contributed by atoms with Crippen LogP contribution in [0.1, 0.15) is 43.7 Å². The van der Waals surface area contributed by atoms with E-state index in [0.717, 1.165) is 43.5 Å². The summed E-state index contributed by atoms with van der Waals surface area (Å²) in [4.78, 5) is 15.2. The second-order valence-electron chi connectivity index (χ2n) is 7.55. The maximum atomic E-state index is 13.2. The van der Waals surface area contributed by atoms with Gasteiger partial charge in [-0.05, 0) is 62.6 Å². The highest BCUT2D eigenvalue weighted by atomic mass is 32.2. The summed E-state index contributed by atoms with van der Waals surface area (Å²) in [5, 5.41) is 0. The van der Waals surface area contributed by atoms with Crippen molar-refractivity contribution in [3.05, 3.63) is 29.3 Å². The van der Waals surface area contributed by atoms with Gasteiger partial charge in [0.1, 0.15) is 6.04 Å². The molecule has 2 aliphatic heterocycles. The van der Waals surface area contributed by atoms with Crippen molar-refractivity contribution in [3.63, 3.8) is 0 Å². The number of benzene rings is 1. The Kier molecular flexibility index (Phi) is 5.21. The van der Waals surface area contributed by atoms with Crippen molar-refractivity contribution in [1.82, 2.24) is 9.21 Å². The minimum absolute atomic E-state index is 0.0155. The Morgan fingerprint density at radius 3 is 2.44 bits per heavy atom. The first-order chi connectivity index (χ1) is 11.8. The zero-order chi connectivity index (χ0) is 18.2. The van der Waals surface area contributed by atoms with E-state index in [-0.39, 0.29) is 5.91 Å². The van der Waals surface area contributed by atoms with Crippen LogP contribution < -0.4 is 0 Å². The second kappa shape index (κ2) is 7.08. The van der Waals surface area contributed by atoms with E-state index in [9.17, 15) is 13.2 Å². The Hall–Kier alpha value is -1.40. The molecular formula is C19H28N2O3S. The van der Waals surface area contributed by atoms with Crippen LogP contribution in [0.15, 0.2) is 23.1 Å². The number of sulfonamides is 1. The zero-order valence-electron chi connectivity index (χ0n) is 15.4. The van der Waals surface area contributed by atoms with Gasteiger partial charge in [-0.15, -0.1) is 0 Å². The molecule has 2 heterocycles. The summed E-state index contributed by atoms with van der Waals surface area (Å²) in [7, 11) is -3.65. The van der Waals surface area contributed by atoms with Crippen molar-refractivity contribution in [2.75, 3.05) is 19.6 Å². The molecule has 0 radical (unpaired) electrons. The van der Waals surface area contributed by atoms with E-state index in [1.807, 2.05) is 30.9 Å². The SMILES string of the molecule is Cc1ccc(C)c(S(=O)(=O)N2CCC[C@H]2C(=O)N2CCC(C)CC2)c1. The van der Waals surface area contributed by atoms with Crippen molar-refractivity contribution in [3.8, 4) is 0 Å². The second-order valence-corrected chi connectivity index (χ2v) is 9.41. The van der Waals surface area contributed by atoms with Crippen LogP contribution in [0.3, 0.4) is 0 Å². The van der Waals surface area contributed by atoms with Gasteiger partial charge in [-0.3, -0.25) is 4.79 Å². The fourth-order valence-corrected chi connectivity index (χ4v) is 5.79. The van der Waals surface area contributed by atoms with E-state index < -0.39 is 16.1 Å². The van der Waals surface area contributed by atoms with Crippen molar-refractivity contribution in [1.29, 1.82) is 0 Å². The van der Waals surface area contributed by atoms with Crippen LogP contribution in [0, 0.1) is 19.8 Å². The van der Waals surface area contributed by atoms with Gasteiger partial charge < -0.3 is 4.90 Å². The van der Waals surface area contributed by atoms with Gasteiger partial charge in [0, 0.05) is 19.6 Å². The molecule has 0 N–H and O–H groups in total. The molecule has 0 aliphatic carbocycles. The van der Waals surface area contributed by atoms with Crippen LogP contribution >= 0.6 is 0 Å². The fourth-order valence-electron chi connectivity index (χ4n) is 3.83. The van der Waals surface area contributed by atoms with Gasteiger partial charge in [-0.1, -0.05) is 19.1 Å². The topological polar surface area (TPSA) is 57.7 Å². The molecule has 1 aromatic carbocycles. The van der Waals surface area contributed by atoms with Gasteiger partial charge in [-0.25, -0.2) is 8.42 Å². The third-order valence-electron chi connectivity index (χ3n) is 5.51. The first-order valence-corrected chi connectivity index (χ1v) is 10.6. The van der Waals surface area contributed by atoms with Crippen LogP contribution in [0.4, 0.5) is 0 Å². The van der Waals surface area contributed by atoms with Crippen LogP contribution in [0.5, 0.6) is 0 Å². The molecule has 2 aliphatic rings. The van der Waals surface area contributed by atoms with Gasteiger partial charge in [0.05, 0.1) is 4.90 Å². The van der Waals surface area contributed by atoms with E-state index in [4.69, 9.17) is 0 Å². The highest BCUT2D eigenvalue weighted by Crippen LogP contribution is 2.30. The average molecular weight is 365 g/mol. The summed E-state index contributed by atoms with van der Waals surface area (Å²) in [6.45, 7) is 7.82. The molecule has 138 valence electrons. The number of hydrogen-bond acceptors (Lipinski definition) is 3. The number of amides is 1. The lowest BCUT2D eigenvalue weighted by Gasteiger charge is -2.34. The maximum absolute atomic E-state index is 13.2. The summed E-state index contributed by atoms with van der Waals surface area (Å²) >= 11 is 0. The zero-order valence-corrected chi connectivity index (χ0v) is 16.2. The third kappa shape index (κ3) is 3.60. The lowest BCUT2D eigenvalue weighted by atomic mass is 9.98. The van der Waals surface area contributed by atoms with Crippen LogP contribution in [-0.2, 0) is 14.8 Å². The van der Waals surface area contributed by atoms with Gasteiger partial charge in [0.25, 0.3) is 0 Å². The Morgan fingerprint density at radius 1 is 1.08 bits per heavy atom. The molecule has 1 amide bonds. The van der Waals surface area contributed by atoms with Crippen molar-refractivity contribution >= 4 is 15.9 Å². The molecule has 0 bridgehead atoms. The predicted molar refractivity (Wildman–Crippen MR) is 97.8 cm³/mol. The standard InChI is InChI=1S/C19H28N2O3S/c1-14-8-11-20(12-9-14)19(22)17-5-4-10-21(17)25(23,24)18-13-15(2)6-7-16(18)3/h6-7,13-14,17H,4-5,8-12H2,1-3H3/t17-/m0/s1. The van der Waals surface area contributed by atoms with Crippen LogP contribution in [-0.4, -0.2) is 49.2 Å². The van der Waals surface area contributed by atoms with E-state index in [0.29, 0.717) is 23.8 Å². The Labute approximate surface area is 151 Å². The number of rotatable bonds is 3. The first-order valence-electron chi connectivity index (χ1n) is 9.18. The lowest BCUT2D eigenvalue weighted by molar-refractivity contribution is -0.135. The average Bonchev–Trinajstić information content (AvgIpc) is 3.07. The molecule has 3 rings (SSSR count). The lowest BCUT2D eigenvalue weighted by Crippen LogP contribution is -2.49. The number of nitrogens with zero attached hydrogens (tertiary/aromatic N) is 2. The van der Waals surface area contributed by atoms with Crippen molar-refractivity contribution in [2.24, 2.45) is 5.92 Å². The summed E-state index contributed by atoms with van der Waals surface area (Å²) in [6.07, 6.45) is 3.37. The Morgan fingerprint density at radius 2 is 1.76 bits per heavy atom. The van der Waals surface area contributed by atoms with Gasteiger partial charge in [0.15, 0.2) is 0 Å². The molecule has 2 fully saturated rings. The highest BCUT2D eigenvalue weighted by molar-refractivity contribution is 7.89. The fraction of sp³-hybridized carbons (Fsp3) is 0.632. The normalized spacial score (nSPS) is 23.2.